The van der Waals surface area contributed by atoms with Crippen LogP contribution in [-0.2, 0) is 16.6 Å². The van der Waals surface area contributed by atoms with Crippen molar-refractivity contribution in [3.8, 4) is 11.3 Å². The second-order valence-corrected chi connectivity index (χ2v) is 12.4. The lowest BCUT2D eigenvalue weighted by molar-refractivity contribution is -0.152. The highest BCUT2D eigenvalue weighted by Gasteiger charge is 2.42. The van der Waals surface area contributed by atoms with Crippen LogP contribution < -0.4 is 16.2 Å². The number of esters is 1. The van der Waals surface area contributed by atoms with Crippen LogP contribution in [0.1, 0.15) is 37.4 Å². The SMILES string of the molecule is COC(=O)C(C)(C)C(NCCCNc1n[nH]c(=O)c2ccccc12)c1c(-c2ccccc2)nn(C)c1Sc1ccc(C)cc1. The molecule has 2 aromatic heterocycles. The molecule has 9 nitrogen and oxygen atoms in total. The van der Waals surface area contributed by atoms with Crippen molar-refractivity contribution in [1.29, 1.82) is 0 Å². The number of H-pyrrole nitrogens is 1. The van der Waals surface area contributed by atoms with Crippen molar-refractivity contribution in [2.45, 2.75) is 43.2 Å². The molecule has 10 heteroatoms. The Morgan fingerprint density at radius 2 is 1.68 bits per heavy atom. The number of hydrogen-bond donors (Lipinski definition) is 3. The van der Waals surface area contributed by atoms with Crippen molar-refractivity contribution in [1.82, 2.24) is 25.3 Å². The van der Waals surface area contributed by atoms with Crippen LogP contribution >= 0.6 is 11.8 Å². The van der Waals surface area contributed by atoms with Gasteiger partial charge in [0.25, 0.3) is 5.56 Å². The number of nitrogens with one attached hydrogen (secondary N) is 3. The van der Waals surface area contributed by atoms with Crippen LogP contribution in [-0.4, -0.2) is 46.1 Å². The summed E-state index contributed by atoms with van der Waals surface area (Å²) in [6, 6.07) is 25.4. The van der Waals surface area contributed by atoms with E-state index in [1.807, 2.05) is 74.1 Å². The first-order chi connectivity index (χ1) is 21.2. The largest absolute Gasteiger partial charge is 0.469 e. The van der Waals surface area contributed by atoms with E-state index >= 15 is 0 Å². The number of nitrogens with zero attached hydrogens (tertiary/aromatic N) is 3. The van der Waals surface area contributed by atoms with Crippen LogP contribution in [0.4, 0.5) is 5.82 Å². The quantitative estimate of drug-likeness (QED) is 0.114. The number of benzene rings is 3. The number of rotatable bonds is 12. The molecule has 2 heterocycles. The average Bonchev–Trinajstić information content (AvgIpc) is 3.35. The summed E-state index contributed by atoms with van der Waals surface area (Å²) in [6.07, 6.45) is 0.726. The minimum Gasteiger partial charge on any atom is -0.469 e. The summed E-state index contributed by atoms with van der Waals surface area (Å²) in [5.74, 6) is 0.313. The van der Waals surface area contributed by atoms with Crippen molar-refractivity contribution in [2.75, 3.05) is 25.5 Å². The van der Waals surface area contributed by atoms with E-state index in [1.54, 1.807) is 17.8 Å². The molecule has 0 amide bonds. The Hall–Kier alpha value is -4.41. The maximum Gasteiger partial charge on any atom is 0.313 e. The van der Waals surface area contributed by atoms with Gasteiger partial charge in [-0.2, -0.15) is 10.2 Å². The number of ether oxygens (including phenoxy) is 1. The molecule has 0 radical (unpaired) electrons. The Balaban J connectivity index is 1.46. The summed E-state index contributed by atoms with van der Waals surface area (Å²) in [4.78, 5) is 26.6. The van der Waals surface area contributed by atoms with E-state index in [4.69, 9.17) is 9.84 Å². The normalized spacial score (nSPS) is 12.3. The van der Waals surface area contributed by atoms with Gasteiger partial charge in [-0.25, -0.2) is 5.10 Å². The number of aromatic nitrogens is 4. The lowest BCUT2D eigenvalue weighted by atomic mass is 9.79. The maximum atomic E-state index is 13.3. The van der Waals surface area contributed by atoms with Gasteiger partial charge < -0.3 is 15.4 Å². The first-order valence-corrected chi connectivity index (χ1v) is 15.4. The predicted molar refractivity (Wildman–Crippen MR) is 176 cm³/mol. The summed E-state index contributed by atoms with van der Waals surface area (Å²) in [5, 5.41) is 21.1. The number of carbonyl (C=O) groups excluding carboxylic acids is 1. The number of anilines is 1. The number of aryl methyl sites for hydroxylation is 2. The molecule has 0 aliphatic rings. The molecule has 5 rings (SSSR count). The van der Waals surface area contributed by atoms with Crippen LogP contribution in [0.2, 0.25) is 0 Å². The number of carbonyl (C=O) groups is 1. The van der Waals surface area contributed by atoms with Crippen molar-refractivity contribution in [3.63, 3.8) is 0 Å². The third kappa shape index (κ3) is 6.56. The second-order valence-electron chi connectivity index (χ2n) is 11.3. The fraction of sp³-hybridized carbons (Fsp3) is 0.294. The molecule has 0 bridgehead atoms. The van der Waals surface area contributed by atoms with Crippen LogP contribution in [0.3, 0.4) is 0 Å². The molecule has 44 heavy (non-hydrogen) atoms. The molecule has 1 unspecified atom stereocenters. The van der Waals surface area contributed by atoms with Gasteiger partial charge in [0, 0.05) is 35.0 Å². The molecule has 5 aromatic rings. The molecule has 3 aromatic carbocycles. The van der Waals surface area contributed by atoms with E-state index in [-0.39, 0.29) is 11.5 Å². The van der Waals surface area contributed by atoms with Gasteiger partial charge in [0.1, 0.15) is 5.03 Å². The van der Waals surface area contributed by atoms with Gasteiger partial charge in [0.2, 0.25) is 0 Å². The minimum atomic E-state index is -0.923. The van der Waals surface area contributed by atoms with E-state index in [9.17, 15) is 9.59 Å². The zero-order valence-electron chi connectivity index (χ0n) is 25.7. The molecule has 3 N–H and O–H groups in total. The Kier molecular flexibility index (Phi) is 9.51. The third-order valence-electron chi connectivity index (χ3n) is 7.72. The average molecular weight is 611 g/mol. The Labute approximate surface area is 261 Å². The van der Waals surface area contributed by atoms with Crippen molar-refractivity contribution in [2.24, 2.45) is 12.5 Å². The molecule has 1 atom stereocenters. The molecule has 228 valence electrons. The zero-order chi connectivity index (χ0) is 31.3. The summed E-state index contributed by atoms with van der Waals surface area (Å²) >= 11 is 1.63. The van der Waals surface area contributed by atoms with Gasteiger partial charge in [0.05, 0.1) is 29.6 Å². The minimum absolute atomic E-state index is 0.217. The van der Waals surface area contributed by atoms with Crippen LogP contribution in [0.25, 0.3) is 22.0 Å². The first kappa shape index (κ1) is 31.0. The molecule has 0 saturated heterocycles. The standard InChI is InChI=1S/C34H38N6O3S/c1-22-16-18-24(19-17-22)44-32-27(28(39-40(32)4)23-12-7-6-8-13-23)29(34(2,3)33(42)43-5)35-20-11-21-36-30-25-14-9-10-15-26(25)31(41)38-37-30/h6-10,12-19,29,35H,11,20-21H2,1-5H3,(H,36,37)(H,38,41). The molecule has 0 fully saturated rings. The highest BCUT2D eigenvalue weighted by atomic mass is 32.2. The highest BCUT2D eigenvalue weighted by Crippen LogP contribution is 2.45. The van der Waals surface area contributed by atoms with Crippen molar-refractivity contribution < 1.29 is 9.53 Å². The molecule has 0 spiro atoms. The number of methoxy groups -OCH3 is 1. The predicted octanol–water partition coefficient (Wildman–Crippen LogP) is 6.12. The van der Waals surface area contributed by atoms with Crippen molar-refractivity contribution in [3.05, 3.63) is 100 Å². The number of aromatic amines is 1. The van der Waals surface area contributed by atoms with Gasteiger partial charge in [0.15, 0.2) is 5.82 Å². The topological polar surface area (TPSA) is 114 Å². The Morgan fingerprint density at radius 3 is 2.39 bits per heavy atom. The Bertz CT molecular complexity index is 1800. The van der Waals surface area contributed by atoms with Crippen LogP contribution in [0, 0.1) is 12.3 Å². The van der Waals surface area contributed by atoms with Crippen molar-refractivity contribution >= 4 is 34.3 Å². The smallest absolute Gasteiger partial charge is 0.313 e. The van der Waals surface area contributed by atoms with E-state index in [1.165, 1.54) is 12.7 Å². The third-order valence-corrected chi connectivity index (χ3v) is 8.91. The number of hydrogen-bond acceptors (Lipinski definition) is 8. The van der Waals surface area contributed by atoms with E-state index in [2.05, 4.69) is 52.0 Å². The fourth-order valence-corrected chi connectivity index (χ4v) is 6.32. The van der Waals surface area contributed by atoms with Gasteiger partial charge in [-0.15, -0.1) is 0 Å². The Morgan fingerprint density at radius 1 is 1.00 bits per heavy atom. The van der Waals surface area contributed by atoms with Gasteiger partial charge in [-0.3, -0.25) is 14.3 Å². The molecule has 0 aliphatic heterocycles. The first-order valence-electron chi connectivity index (χ1n) is 14.6. The zero-order valence-corrected chi connectivity index (χ0v) is 26.5. The molecular formula is C34H38N6O3S. The monoisotopic (exact) mass is 610 g/mol. The second kappa shape index (κ2) is 13.5. The summed E-state index contributed by atoms with van der Waals surface area (Å²) < 4.78 is 7.22. The molecule has 0 aliphatic carbocycles. The lowest BCUT2D eigenvalue weighted by Gasteiger charge is -2.33. The molecular weight excluding hydrogens is 572 g/mol. The van der Waals surface area contributed by atoms with Crippen LogP contribution in [0.15, 0.2) is 93.6 Å². The van der Waals surface area contributed by atoms with E-state index in [0.29, 0.717) is 24.3 Å². The fourth-order valence-electron chi connectivity index (χ4n) is 5.32. The highest BCUT2D eigenvalue weighted by molar-refractivity contribution is 7.99. The van der Waals surface area contributed by atoms with Gasteiger partial charge in [-0.05, 0) is 51.9 Å². The molecule has 0 saturated carbocycles. The number of fused-ring (bicyclic) bond motifs is 1. The summed E-state index contributed by atoms with van der Waals surface area (Å²) in [6.45, 7) is 7.09. The summed E-state index contributed by atoms with van der Waals surface area (Å²) in [7, 11) is 3.37. The maximum absolute atomic E-state index is 13.3. The van der Waals surface area contributed by atoms with Gasteiger partial charge >= 0.3 is 5.97 Å². The van der Waals surface area contributed by atoms with E-state index in [0.717, 1.165) is 38.5 Å². The van der Waals surface area contributed by atoms with Crippen LogP contribution in [0.5, 0.6) is 0 Å². The summed E-state index contributed by atoms with van der Waals surface area (Å²) in [5.41, 5.74) is 2.79. The van der Waals surface area contributed by atoms with E-state index < -0.39 is 11.5 Å². The van der Waals surface area contributed by atoms with Gasteiger partial charge in [-0.1, -0.05) is 78.0 Å². The lowest BCUT2D eigenvalue weighted by Crippen LogP contribution is -2.41.